The lowest BCUT2D eigenvalue weighted by molar-refractivity contribution is -0.140. The minimum atomic E-state index is -3.86. The normalized spacial score (nSPS) is 23.7. The number of rotatable bonds is 12. The van der Waals surface area contributed by atoms with E-state index in [0.29, 0.717) is 27.8 Å². The Bertz CT molecular complexity index is 1680. The second-order valence-electron chi connectivity index (χ2n) is 13.9. The molecule has 0 heterocycles. The number of amides is 2. The molecule has 47 heavy (non-hydrogen) atoms. The molecule has 4 saturated carbocycles. The zero-order chi connectivity index (χ0) is 33.3. The molecular formula is C37H43Cl2N3O4S. The molecule has 0 spiro atoms. The van der Waals surface area contributed by atoms with E-state index in [1.807, 2.05) is 49.4 Å². The number of carbonyl (C=O) groups excluding carboxylic acids is 2. The highest BCUT2D eigenvalue weighted by molar-refractivity contribution is 7.92. The van der Waals surface area contributed by atoms with E-state index in [0.717, 1.165) is 33.9 Å². The van der Waals surface area contributed by atoms with Gasteiger partial charge >= 0.3 is 0 Å². The van der Waals surface area contributed by atoms with Crippen LogP contribution in [0.3, 0.4) is 0 Å². The molecular weight excluding hydrogens is 653 g/mol. The van der Waals surface area contributed by atoms with Gasteiger partial charge in [0.25, 0.3) is 0 Å². The quantitative estimate of drug-likeness (QED) is 0.221. The summed E-state index contributed by atoms with van der Waals surface area (Å²) in [6, 6.07) is 21.5. The molecule has 3 aromatic carbocycles. The zero-order valence-electron chi connectivity index (χ0n) is 27.0. The van der Waals surface area contributed by atoms with Crippen molar-refractivity contribution >= 4 is 50.7 Å². The molecule has 7 nitrogen and oxygen atoms in total. The van der Waals surface area contributed by atoms with E-state index in [2.05, 4.69) is 17.4 Å². The van der Waals surface area contributed by atoms with Gasteiger partial charge in [-0.2, -0.15) is 0 Å². The summed E-state index contributed by atoms with van der Waals surface area (Å²) in [7, 11) is -3.86. The first-order valence-corrected chi connectivity index (χ1v) is 19.2. The third-order valence-electron chi connectivity index (χ3n) is 10.4. The first kappa shape index (κ1) is 33.8. The van der Waals surface area contributed by atoms with E-state index in [9.17, 15) is 18.0 Å². The van der Waals surface area contributed by atoms with Gasteiger partial charge < -0.3 is 10.2 Å². The lowest BCUT2D eigenvalue weighted by Crippen LogP contribution is -2.53. The van der Waals surface area contributed by atoms with Gasteiger partial charge in [-0.1, -0.05) is 71.7 Å². The summed E-state index contributed by atoms with van der Waals surface area (Å²) in [6.07, 6.45) is 9.03. The van der Waals surface area contributed by atoms with Crippen LogP contribution in [-0.2, 0) is 38.0 Å². The molecule has 0 aliphatic heterocycles. The molecule has 7 rings (SSSR count). The van der Waals surface area contributed by atoms with Crippen LogP contribution in [0.15, 0.2) is 72.8 Å². The van der Waals surface area contributed by atoms with Gasteiger partial charge in [-0.15, -0.1) is 0 Å². The molecule has 0 aromatic heterocycles. The van der Waals surface area contributed by atoms with Crippen LogP contribution < -0.4 is 9.62 Å². The lowest BCUT2D eigenvalue weighted by Gasteiger charge is -2.57. The summed E-state index contributed by atoms with van der Waals surface area (Å²) < 4.78 is 27.7. The molecule has 1 unspecified atom stereocenters. The molecule has 3 aromatic rings. The first-order chi connectivity index (χ1) is 22.4. The fourth-order valence-electron chi connectivity index (χ4n) is 8.74. The van der Waals surface area contributed by atoms with Gasteiger partial charge in [0.05, 0.1) is 22.0 Å². The molecule has 4 aliphatic rings. The smallest absolute Gasteiger partial charge is 0.244 e. The van der Waals surface area contributed by atoms with Crippen LogP contribution in [0.4, 0.5) is 5.69 Å². The summed E-state index contributed by atoms with van der Waals surface area (Å²) in [6.45, 7) is 1.78. The van der Waals surface area contributed by atoms with Crippen molar-refractivity contribution in [3.05, 3.63) is 99.5 Å². The predicted molar refractivity (Wildman–Crippen MR) is 188 cm³/mol. The Balaban J connectivity index is 1.31. The number of benzene rings is 3. The van der Waals surface area contributed by atoms with Gasteiger partial charge in [0.2, 0.25) is 21.8 Å². The summed E-state index contributed by atoms with van der Waals surface area (Å²) in [4.78, 5) is 29.4. The van der Waals surface area contributed by atoms with Crippen molar-refractivity contribution in [2.24, 2.45) is 17.8 Å². The number of likely N-dealkylation sites (N-methyl/N-ethyl adjacent to an activating group) is 1. The Kier molecular flexibility index (Phi) is 9.94. The van der Waals surface area contributed by atoms with Crippen molar-refractivity contribution in [3.63, 3.8) is 0 Å². The van der Waals surface area contributed by atoms with Crippen molar-refractivity contribution in [1.29, 1.82) is 0 Å². The molecule has 1 atom stereocenters. The number of sulfonamides is 1. The molecule has 0 saturated heterocycles. The minimum Gasteiger partial charge on any atom is -0.355 e. The van der Waals surface area contributed by atoms with E-state index in [4.69, 9.17) is 23.2 Å². The predicted octanol–water partition coefficient (Wildman–Crippen LogP) is 7.00. The molecule has 250 valence electrons. The SMILES string of the molecule is CCNC(=O)C(Cc1ccccc1)N(Cc1ccc(Cl)c(Cl)c1)C(=O)CN(c1ccc(C23CC4CC(CC(C4)C2)C3)cc1)S(C)(=O)=O. The van der Waals surface area contributed by atoms with Crippen molar-refractivity contribution in [1.82, 2.24) is 10.2 Å². The number of nitrogens with zero attached hydrogens (tertiary/aromatic N) is 2. The average molecular weight is 697 g/mol. The van der Waals surface area contributed by atoms with Gasteiger partial charge in [-0.25, -0.2) is 8.42 Å². The van der Waals surface area contributed by atoms with E-state index in [1.165, 1.54) is 49.0 Å². The molecule has 1 N–H and O–H groups in total. The topological polar surface area (TPSA) is 86.8 Å². The number of halogens is 2. The van der Waals surface area contributed by atoms with Crippen LogP contribution >= 0.6 is 23.2 Å². The number of hydrogen-bond donors (Lipinski definition) is 1. The molecule has 4 aliphatic carbocycles. The Morgan fingerprint density at radius 2 is 1.49 bits per heavy atom. The molecule has 4 bridgehead atoms. The van der Waals surface area contributed by atoms with Gasteiger partial charge in [-0.3, -0.25) is 13.9 Å². The highest BCUT2D eigenvalue weighted by Crippen LogP contribution is 2.60. The summed E-state index contributed by atoms with van der Waals surface area (Å²) in [5, 5.41) is 3.57. The van der Waals surface area contributed by atoms with E-state index in [1.54, 1.807) is 18.2 Å². The van der Waals surface area contributed by atoms with Gasteiger partial charge in [0.1, 0.15) is 12.6 Å². The summed E-state index contributed by atoms with van der Waals surface area (Å²) in [5.74, 6) is 1.55. The summed E-state index contributed by atoms with van der Waals surface area (Å²) >= 11 is 12.5. The Morgan fingerprint density at radius 1 is 0.872 bits per heavy atom. The maximum atomic E-state index is 14.3. The Labute approximate surface area is 288 Å². The number of carbonyl (C=O) groups is 2. The fourth-order valence-corrected chi connectivity index (χ4v) is 9.91. The Morgan fingerprint density at radius 3 is 2.04 bits per heavy atom. The number of hydrogen-bond acceptors (Lipinski definition) is 4. The van der Waals surface area contributed by atoms with Crippen LogP contribution in [0.5, 0.6) is 0 Å². The third kappa shape index (κ3) is 7.50. The van der Waals surface area contributed by atoms with Crippen LogP contribution in [0.25, 0.3) is 0 Å². The van der Waals surface area contributed by atoms with Crippen LogP contribution in [0.1, 0.15) is 62.1 Å². The van der Waals surface area contributed by atoms with Crippen molar-refractivity contribution in [2.75, 3.05) is 23.7 Å². The van der Waals surface area contributed by atoms with E-state index in [-0.39, 0.29) is 24.3 Å². The molecule has 2 amide bonds. The second-order valence-corrected chi connectivity index (χ2v) is 16.6. The largest absolute Gasteiger partial charge is 0.355 e. The maximum Gasteiger partial charge on any atom is 0.244 e. The van der Waals surface area contributed by atoms with Crippen molar-refractivity contribution in [3.8, 4) is 0 Å². The Hall–Kier alpha value is -3.07. The third-order valence-corrected chi connectivity index (χ3v) is 12.3. The monoisotopic (exact) mass is 695 g/mol. The standard InChI is InChI=1S/C37H43Cl2N3O4S/c1-3-40-36(44)34(19-25-7-5-4-6-8-25)41(23-26-9-14-32(38)33(39)18-26)35(43)24-42(47(2,45)46)31-12-10-30(11-13-31)37-20-27-15-28(21-37)17-29(16-27)22-37/h4-14,18,27-29,34H,3,15-17,19-24H2,1-2H3,(H,40,44). The highest BCUT2D eigenvalue weighted by Gasteiger charge is 2.51. The van der Waals surface area contributed by atoms with E-state index < -0.39 is 28.5 Å². The van der Waals surface area contributed by atoms with Crippen LogP contribution in [0.2, 0.25) is 10.0 Å². The first-order valence-electron chi connectivity index (χ1n) is 16.6. The minimum absolute atomic E-state index is 0.0346. The molecule has 10 heteroatoms. The lowest BCUT2D eigenvalue weighted by atomic mass is 9.48. The average Bonchev–Trinajstić information content (AvgIpc) is 3.02. The molecule has 4 fully saturated rings. The van der Waals surface area contributed by atoms with Crippen LogP contribution in [-0.4, -0.2) is 50.5 Å². The fraction of sp³-hybridized carbons (Fsp3) is 0.459. The van der Waals surface area contributed by atoms with Gasteiger partial charge in [0.15, 0.2) is 0 Å². The number of nitrogens with one attached hydrogen (secondary N) is 1. The van der Waals surface area contributed by atoms with Crippen LogP contribution in [0, 0.1) is 17.8 Å². The van der Waals surface area contributed by atoms with Gasteiger partial charge in [-0.05, 0) is 110 Å². The highest BCUT2D eigenvalue weighted by atomic mass is 35.5. The van der Waals surface area contributed by atoms with Crippen molar-refractivity contribution in [2.45, 2.75) is 69.9 Å². The zero-order valence-corrected chi connectivity index (χ0v) is 29.3. The summed E-state index contributed by atoms with van der Waals surface area (Å²) in [5.41, 5.74) is 3.42. The van der Waals surface area contributed by atoms with E-state index >= 15 is 0 Å². The van der Waals surface area contributed by atoms with Gasteiger partial charge in [0, 0.05) is 19.5 Å². The number of anilines is 1. The maximum absolute atomic E-state index is 14.3. The second kappa shape index (κ2) is 13.8. The molecule has 0 radical (unpaired) electrons. The van der Waals surface area contributed by atoms with Crippen molar-refractivity contribution < 1.29 is 18.0 Å².